The highest BCUT2D eigenvalue weighted by Crippen LogP contribution is 2.45. The van der Waals surface area contributed by atoms with Gasteiger partial charge in [0.15, 0.2) is 5.96 Å². The molecule has 0 aromatic heterocycles. The predicted molar refractivity (Wildman–Crippen MR) is 108 cm³/mol. The first kappa shape index (κ1) is 19.8. The van der Waals surface area contributed by atoms with Crippen molar-refractivity contribution in [2.24, 2.45) is 10.7 Å². The lowest BCUT2D eigenvalue weighted by molar-refractivity contribution is 0.315. The first-order valence-electron chi connectivity index (χ1n) is 8.58. The van der Waals surface area contributed by atoms with Gasteiger partial charge < -0.3 is 25.3 Å². The summed E-state index contributed by atoms with van der Waals surface area (Å²) in [6, 6.07) is 9.62. The molecule has 2 aromatic carbocycles. The molecule has 2 aliphatic rings. The molecule has 28 heavy (non-hydrogen) atoms. The van der Waals surface area contributed by atoms with E-state index in [0.717, 1.165) is 22.4 Å². The number of nitrogens with zero attached hydrogens (tertiary/aromatic N) is 1. The van der Waals surface area contributed by atoms with Crippen molar-refractivity contribution in [1.29, 1.82) is 0 Å². The van der Waals surface area contributed by atoms with Gasteiger partial charge in [-0.2, -0.15) is 0 Å². The van der Waals surface area contributed by atoms with E-state index in [0.29, 0.717) is 30.3 Å². The molecule has 1 atom stereocenters. The molecule has 0 radical (unpaired) electrons. The molecule has 148 valence electrons. The molecule has 0 spiro atoms. The van der Waals surface area contributed by atoms with E-state index in [1.54, 1.807) is 26.4 Å². The quantitative estimate of drug-likeness (QED) is 0.818. The minimum atomic E-state index is -0.390. The number of halogens is 2. The van der Waals surface area contributed by atoms with Gasteiger partial charge in [-0.05, 0) is 23.3 Å². The number of nitrogens with two attached hydrogens (primary N) is 1. The van der Waals surface area contributed by atoms with Crippen LogP contribution in [0.5, 0.6) is 17.2 Å². The Morgan fingerprint density at radius 2 is 2.04 bits per heavy atom. The summed E-state index contributed by atoms with van der Waals surface area (Å²) in [5, 5.41) is 3.15. The van der Waals surface area contributed by atoms with E-state index < -0.39 is 6.04 Å². The van der Waals surface area contributed by atoms with E-state index in [2.05, 4.69) is 10.3 Å². The standard InChI is InChI=1S/C20H20FN3O3.ClH/c1-25-13-9-15(26-2)17-16(10-13)27-7-6-14-18(23-20(22)24-19(14)17)11-4-3-5-12(21)8-11;/h3-5,8-10,18H,6-7H2,1-2H3,(H3,22,23,24);1H. The van der Waals surface area contributed by atoms with Gasteiger partial charge in [-0.15, -0.1) is 12.4 Å². The molecular formula is C20H21ClFN3O3. The van der Waals surface area contributed by atoms with Crippen LogP contribution in [0.2, 0.25) is 0 Å². The minimum absolute atomic E-state index is 0. The fourth-order valence-corrected chi connectivity index (χ4v) is 3.51. The average molecular weight is 406 g/mol. The Labute approximate surface area is 168 Å². The van der Waals surface area contributed by atoms with Crippen molar-refractivity contribution in [2.75, 3.05) is 20.8 Å². The number of benzene rings is 2. The largest absolute Gasteiger partial charge is 0.496 e. The number of fused-ring (bicyclic) bond motifs is 2. The number of rotatable bonds is 3. The highest BCUT2D eigenvalue weighted by atomic mass is 35.5. The molecular weight excluding hydrogens is 385 g/mol. The number of guanidine groups is 1. The van der Waals surface area contributed by atoms with E-state index in [1.165, 1.54) is 12.1 Å². The lowest BCUT2D eigenvalue weighted by Crippen LogP contribution is -2.35. The van der Waals surface area contributed by atoms with E-state index in [4.69, 9.17) is 19.9 Å². The van der Waals surface area contributed by atoms with Crippen LogP contribution in [-0.2, 0) is 0 Å². The Morgan fingerprint density at radius 1 is 1.21 bits per heavy atom. The summed E-state index contributed by atoms with van der Waals surface area (Å²) in [4.78, 5) is 4.52. The van der Waals surface area contributed by atoms with Gasteiger partial charge in [0.05, 0.1) is 32.1 Å². The van der Waals surface area contributed by atoms with Gasteiger partial charge in [-0.25, -0.2) is 9.38 Å². The van der Waals surface area contributed by atoms with Gasteiger partial charge in [-0.3, -0.25) is 0 Å². The second-order valence-electron chi connectivity index (χ2n) is 6.30. The first-order valence-corrected chi connectivity index (χ1v) is 8.58. The van der Waals surface area contributed by atoms with Crippen LogP contribution in [0.3, 0.4) is 0 Å². The SMILES string of the molecule is COc1cc(OC)c2c(c1)OCCC1=C2NC(N)=NC1c1cccc(F)c1.Cl. The number of aliphatic imine (C=N–C) groups is 1. The first-order chi connectivity index (χ1) is 13.1. The van der Waals surface area contributed by atoms with Crippen molar-refractivity contribution in [2.45, 2.75) is 12.5 Å². The maximum absolute atomic E-state index is 13.8. The van der Waals surface area contributed by atoms with Crippen molar-refractivity contribution in [3.8, 4) is 17.2 Å². The van der Waals surface area contributed by atoms with Gasteiger partial charge in [0, 0.05) is 18.6 Å². The maximum Gasteiger partial charge on any atom is 0.194 e. The fraction of sp³-hybridized carbons (Fsp3) is 0.250. The topological polar surface area (TPSA) is 78.1 Å². The summed E-state index contributed by atoms with van der Waals surface area (Å²) in [6.07, 6.45) is 0.612. The predicted octanol–water partition coefficient (Wildman–Crippen LogP) is 3.42. The smallest absolute Gasteiger partial charge is 0.194 e. The Hall–Kier alpha value is -2.93. The molecule has 8 heteroatoms. The fourth-order valence-electron chi connectivity index (χ4n) is 3.51. The van der Waals surface area contributed by atoms with Crippen LogP contribution in [0.15, 0.2) is 47.0 Å². The highest BCUT2D eigenvalue weighted by molar-refractivity contribution is 5.94. The summed E-state index contributed by atoms with van der Waals surface area (Å²) in [7, 11) is 3.18. The summed E-state index contributed by atoms with van der Waals surface area (Å²) in [5.41, 5.74) is 9.31. The third-order valence-electron chi connectivity index (χ3n) is 4.71. The minimum Gasteiger partial charge on any atom is -0.496 e. The number of hydrogen-bond acceptors (Lipinski definition) is 6. The molecule has 4 rings (SSSR count). The van der Waals surface area contributed by atoms with Gasteiger partial charge >= 0.3 is 0 Å². The number of methoxy groups -OCH3 is 2. The van der Waals surface area contributed by atoms with E-state index in [1.807, 2.05) is 12.1 Å². The molecule has 2 heterocycles. The van der Waals surface area contributed by atoms with Gasteiger partial charge in [0.1, 0.15) is 29.1 Å². The molecule has 0 aliphatic carbocycles. The summed E-state index contributed by atoms with van der Waals surface area (Å²) >= 11 is 0. The molecule has 1 unspecified atom stereocenters. The monoisotopic (exact) mass is 405 g/mol. The second-order valence-corrected chi connectivity index (χ2v) is 6.30. The normalized spacial score (nSPS) is 17.7. The van der Waals surface area contributed by atoms with Crippen LogP contribution in [0.4, 0.5) is 4.39 Å². The zero-order valence-corrected chi connectivity index (χ0v) is 16.3. The Bertz CT molecular complexity index is 962. The van der Waals surface area contributed by atoms with Crippen LogP contribution in [-0.4, -0.2) is 26.8 Å². The molecule has 0 bridgehead atoms. The van der Waals surface area contributed by atoms with Gasteiger partial charge in [0.2, 0.25) is 0 Å². The maximum atomic E-state index is 13.8. The summed E-state index contributed by atoms with van der Waals surface area (Å²) < 4.78 is 30.7. The molecule has 0 saturated carbocycles. The zero-order chi connectivity index (χ0) is 19.0. The Kier molecular flexibility index (Phi) is 5.65. The van der Waals surface area contributed by atoms with Gasteiger partial charge in [0.25, 0.3) is 0 Å². The summed E-state index contributed by atoms with van der Waals surface area (Å²) in [5.74, 6) is 1.81. The van der Waals surface area contributed by atoms with Crippen molar-refractivity contribution in [3.63, 3.8) is 0 Å². The van der Waals surface area contributed by atoms with Crippen molar-refractivity contribution in [1.82, 2.24) is 5.32 Å². The van der Waals surface area contributed by atoms with Crippen molar-refractivity contribution >= 4 is 24.1 Å². The average Bonchev–Trinajstić information content (AvgIpc) is 2.85. The molecule has 6 nitrogen and oxygen atoms in total. The third kappa shape index (κ3) is 3.45. The van der Waals surface area contributed by atoms with Crippen molar-refractivity contribution in [3.05, 3.63) is 58.9 Å². The molecule has 2 aliphatic heterocycles. The molecule has 2 aromatic rings. The van der Waals surface area contributed by atoms with Crippen LogP contribution >= 0.6 is 12.4 Å². The Morgan fingerprint density at radius 3 is 2.75 bits per heavy atom. The number of hydrogen-bond donors (Lipinski definition) is 2. The van der Waals surface area contributed by atoms with Gasteiger partial charge in [-0.1, -0.05) is 12.1 Å². The second kappa shape index (κ2) is 7.98. The van der Waals surface area contributed by atoms with Crippen LogP contribution < -0.4 is 25.3 Å². The lowest BCUT2D eigenvalue weighted by Gasteiger charge is -2.27. The van der Waals surface area contributed by atoms with E-state index in [9.17, 15) is 4.39 Å². The zero-order valence-electron chi connectivity index (χ0n) is 15.5. The van der Waals surface area contributed by atoms with Crippen LogP contribution in [0, 0.1) is 5.82 Å². The van der Waals surface area contributed by atoms with Crippen molar-refractivity contribution < 1.29 is 18.6 Å². The molecule has 0 amide bonds. The van der Waals surface area contributed by atoms with E-state index >= 15 is 0 Å². The molecule has 3 N–H and O–H groups in total. The van der Waals surface area contributed by atoms with Crippen LogP contribution in [0.25, 0.3) is 5.70 Å². The molecule has 0 fully saturated rings. The summed E-state index contributed by atoms with van der Waals surface area (Å²) in [6.45, 7) is 0.449. The lowest BCUT2D eigenvalue weighted by atomic mass is 9.91. The number of ether oxygens (including phenoxy) is 3. The molecule has 0 saturated heterocycles. The van der Waals surface area contributed by atoms with Crippen LogP contribution in [0.1, 0.15) is 23.6 Å². The van der Waals surface area contributed by atoms with E-state index in [-0.39, 0.29) is 24.2 Å². The third-order valence-corrected chi connectivity index (χ3v) is 4.71. The highest BCUT2D eigenvalue weighted by Gasteiger charge is 2.31. The number of nitrogens with one attached hydrogen (secondary N) is 1. The Balaban J connectivity index is 0.00000225.